The number of carbonyl (C=O) groups is 3. The molecule has 0 radical (unpaired) electrons. The predicted octanol–water partition coefficient (Wildman–Crippen LogP) is 7.09. The molecule has 44 heavy (non-hydrogen) atoms. The number of alkyl carbamates (subject to hydrolysis) is 1. The van der Waals surface area contributed by atoms with E-state index in [1.165, 1.54) is 0 Å². The molecule has 0 fully saturated rings. The van der Waals surface area contributed by atoms with E-state index >= 15 is 0 Å². The Bertz CT molecular complexity index is 1350. The van der Waals surface area contributed by atoms with Crippen LogP contribution in [0.4, 0.5) is 10.5 Å². The summed E-state index contributed by atoms with van der Waals surface area (Å²) in [5, 5.41) is 5.58. The maximum absolute atomic E-state index is 13.6. The number of amides is 2. The van der Waals surface area contributed by atoms with Crippen LogP contribution in [0, 0.1) is 0 Å². The first-order valence-corrected chi connectivity index (χ1v) is 15.1. The summed E-state index contributed by atoms with van der Waals surface area (Å²) in [5.41, 5.74) is 1.81. The normalized spacial score (nSPS) is 11.7. The first kappa shape index (κ1) is 34.0. The van der Waals surface area contributed by atoms with Crippen molar-refractivity contribution in [2.75, 3.05) is 18.5 Å². The molecule has 3 aromatic rings. The van der Waals surface area contributed by atoms with Gasteiger partial charge in [0.05, 0.1) is 24.5 Å². The van der Waals surface area contributed by atoms with Crippen LogP contribution in [-0.4, -0.2) is 42.8 Å². The Morgan fingerprint density at radius 1 is 0.818 bits per heavy atom. The van der Waals surface area contributed by atoms with E-state index in [9.17, 15) is 14.4 Å². The Kier molecular flexibility index (Phi) is 13.1. The van der Waals surface area contributed by atoms with Crippen LogP contribution >= 0.6 is 0 Å². The van der Waals surface area contributed by atoms with Gasteiger partial charge in [0, 0.05) is 6.42 Å². The Morgan fingerprint density at radius 2 is 1.55 bits per heavy atom. The van der Waals surface area contributed by atoms with Crippen LogP contribution in [0.2, 0.25) is 0 Å². The lowest BCUT2D eigenvalue weighted by atomic mass is 10.0. The highest BCUT2D eigenvalue weighted by Gasteiger charge is 2.26. The number of benzene rings is 3. The van der Waals surface area contributed by atoms with Gasteiger partial charge in [0.2, 0.25) is 5.91 Å². The van der Waals surface area contributed by atoms with Crippen LogP contribution in [0.15, 0.2) is 72.8 Å². The van der Waals surface area contributed by atoms with Crippen LogP contribution in [0.5, 0.6) is 11.5 Å². The first-order chi connectivity index (χ1) is 21.1. The van der Waals surface area contributed by atoms with Gasteiger partial charge in [-0.25, -0.2) is 9.59 Å². The van der Waals surface area contributed by atoms with E-state index in [-0.39, 0.29) is 6.42 Å². The molecule has 0 heterocycles. The van der Waals surface area contributed by atoms with E-state index in [1.807, 2.05) is 68.4 Å². The third-order valence-corrected chi connectivity index (χ3v) is 6.29. The number of anilines is 1. The van der Waals surface area contributed by atoms with E-state index < -0.39 is 29.6 Å². The maximum atomic E-state index is 13.6. The summed E-state index contributed by atoms with van der Waals surface area (Å²) in [4.78, 5) is 38.8. The molecule has 9 heteroatoms. The van der Waals surface area contributed by atoms with Crippen molar-refractivity contribution in [2.45, 2.75) is 78.6 Å². The Labute approximate surface area is 260 Å². The third kappa shape index (κ3) is 11.6. The zero-order valence-electron chi connectivity index (χ0n) is 26.3. The average molecular weight is 605 g/mol. The second-order valence-electron chi connectivity index (χ2n) is 11.4. The summed E-state index contributed by atoms with van der Waals surface area (Å²) in [7, 11) is 0. The van der Waals surface area contributed by atoms with Gasteiger partial charge >= 0.3 is 12.1 Å². The lowest BCUT2D eigenvalue weighted by Crippen LogP contribution is -2.47. The fraction of sp³-hybridized carbons (Fsp3) is 0.400. The molecule has 0 saturated heterocycles. The van der Waals surface area contributed by atoms with Gasteiger partial charge in [0.15, 0.2) is 0 Å². The van der Waals surface area contributed by atoms with Crippen molar-refractivity contribution >= 4 is 23.7 Å². The molecule has 0 aliphatic carbocycles. The summed E-state index contributed by atoms with van der Waals surface area (Å²) in [5.74, 6) is 0.0893. The van der Waals surface area contributed by atoms with Gasteiger partial charge in [-0.05, 0) is 75.1 Å². The maximum Gasteiger partial charge on any atom is 0.408 e. The number of rotatable bonds is 15. The minimum Gasteiger partial charge on any atom is -0.491 e. The molecule has 3 aromatic carbocycles. The molecule has 0 bridgehead atoms. The number of hydrogen-bond acceptors (Lipinski definition) is 7. The zero-order valence-corrected chi connectivity index (χ0v) is 26.3. The zero-order chi connectivity index (χ0) is 32.0. The van der Waals surface area contributed by atoms with Crippen molar-refractivity contribution in [1.82, 2.24) is 5.32 Å². The van der Waals surface area contributed by atoms with Crippen molar-refractivity contribution < 1.29 is 33.3 Å². The monoisotopic (exact) mass is 604 g/mol. The highest BCUT2D eigenvalue weighted by molar-refractivity contribution is 5.99. The van der Waals surface area contributed by atoms with E-state index in [0.29, 0.717) is 49.0 Å². The molecular formula is C35H44N2O7. The van der Waals surface area contributed by atoms with Gasteiger partial charge < -0.3 is 29.6 Å². The molecular weight excluding hydrogens is 560 g/mol. The smallest absolute Gasteiger partial charge is 0.408 e. The van der Waals surface area contributed by atoms with Gasteiger partial charge in [-0.2, -0.15) is 0 Å². The van der Waals surface area contributed by atoms with E-state index in [0.717, 1.165) is 24.0 Å². The largest absolute Gasteiger partial charge is 0.491 e. The summed E-state index contributed by atoms with van der Waals surface area (Å²) < 4.78 is 22.5. The van der Waals surface area contributed by atoms with Gasteiger partial charge in [-0.15, -0.1) is 0 Å². The molecule has 1 atom stereocenters. The first-order valence-electron chi connectivity index (χ1n) is 15.1. The van der Waals surface area contributed by atoms with Gasteiger partial charge in [-0.1, -0.05) is 62.7 Å². The molecule has 0 aromatic heterocycles. The van der Waals surface area contributed by atoms with E-state index in [4.69, 9.17) is 18.9 Å². The molecule has 3 rings (SSSR count). The standard InChI is InChI=1S/C35H44N2O7/c1-6-8-21-41-31-23-27(33(39)42-20-7-2)16-19-29(31)36-32(38)30(37-34(40)44-35(3,4)5)22-25-14-17-28(18-15-25)43-24-26-12-10-9-11-13-26/h9-19,23,30H,6-8,20-22,24H2,1-5H3,(H,36,38)(H,37,40)/t30-/m1/s1. The topological polar surface area (TPSA) is 112 Å². The average Bonchev–Trinajstić information content (AvgIpc) is 2.99. The van der Waals surface area contributed by atoms with Crippen LogP contribution < -0.4 is 20.1 Å². The molecule has 236 valence electrons. The van der Waals surface area contributed by atoms with Gasteiger partial charge in [-0.3, -0.25) is 4.79 Å². The number of carbonyl (C=O) groups excluding carboxylic acids is 3. The SMILES string of the molecule is CCCCOc1cc(C(=O)OCCC)ccc1NC(=O)[C@@H](Cc1ccc(OCc2ccccc2)cc1)NC(=O)OC(C)(C)C. The minimum absolute atomic E-state index is 0.192. The van der Waals surface area contributed by atoms with Crippen molar-refractivity contribution in [3.05, 3.63) is 89.5 Å². The molecule has 0 aliphatic rings. The molecule has 0 unspecified atom stereocenters. The Hall–Kier alpha value is -4.53. The van der Waals surface area contributed by atoms with Gasteiger partial charge in [0.25, 0.3) is 0 Å². The van der Waals surface area contributed by atoms with Crippen molar-refractivity contribution in [1.29, 1.82) is 0 Å². The Morgan fingerprint density at radius 3 is 2.20 bits per heavy atom. The third-order valence-electron chi connectivity index (χ3n) is 6.29. The molecule has 2 amide bonds. The van der Waals surface area contributed by atoms with E-state index in [2.05, 4.69) is 10.6 Å². The fourth-order valence-corrected chi connectivity index (χ4v) is 4.05. The molecule has 2 N–H and O–H groups in total. The number of nitrogens with one attached hydrogen (secondary N) is 2. The summed E-state index contributed by atoms with van der Waals surface area (Å²) in [6.45, 7) is 10.4. The quantitative estimate of drug-likeness (QED) is 0.141. The van der Waals surface area contributed by atoms with E-state index in [1.54, 1.807) is 39.0 Å². The number of hydrogen-bond donors (Lipinski definition) is 2. The van der Waals surface area contributed by atoms with Crippen LogP contribution in [0.3, 0.4) is 0 Å². The molecule has 0 saturated carbocycles. The highest BCUT2D eigenvalue weighted by atomic mass is 16.6. The second-order valence-corrected chi connectivity index (χ2v) is 11.4. The summed E-state index contributed by atoms with van der Waals surface area (Å²) in [6.07, 6.45) is 1.89. The van der Waals surface area contributed by atoms with Crippen LogP contribution in [0.1, 0.15) is 75.4 Å². The number of ether oxygens (including phenoxy) is 4. The predicted molar refractivity (Wildman–Crippen MR) is 170 cm³/mol. The van der Waals surface area contributed by atoms with Crippen LogP contribution in [-0.2, 0) is 27.3 Å². The lowest BCUT2D eigenvalue weighted by molar-refractivity contribution is -0.118. The lowest BCUT2D eigenvalue weighted by Gasteiger charge is -2.24. The minimum atomic E-state index is -0.973. The molecule has 0 aliphatic heterocycles. The van der Waals surface area contributed by atoms with Crippen molar-refractivity contribution in [3.63, 3.8) is 0 Å². The summed E-state index contributed by atoms with van der Waals surface area (Å²) >= 11 is 0. The number of unbranched alkanes of at least 4 members (excludes halogenated alkanes) is 1. The fourth-order valence-electron chi connectivity index (χ4n) is 4.05. The van der Waals surface area contributed by atoms with Gasteiger partial charge in [0.1, 0.15) is 29.7 Å². The summed E-state index contributed by atoms with van der Waals surface area (Å²) in [6, 6.07) is 21.0. The van der Waals surface area contributed by atoms with Crippen LogP contribution in [0.25, 0.3) is 0 Å². The molecule has 9 nitrogen and oxygen atoms in total. The highest BCUT2D eigenvalue weighted by Crippen LogP contribution is 2.27. The van der Waals surface area contributed by atoms with Crippen molar-refractivity contribution in [3.8, 4) is 11.5 Å². The second kappa shape index (κ2) is 16.9. The Balaban J connectivity index is 1.78. The number of esters is 1. The van der Waals surface area contributed by atoms with Crippen molar-refractivity contribution in [2.24, 2.45) is 0 Å². The molecule has 0 spiro atoms.